The molecule has 1 aliphatic heterocycles. The maximum atomic E-state index is 13.5. The first-order valence-electron chi connectivity index (χ1n) is 10.1. The number of rotatable bonds is 6. The molecule has 1 amide bonds. The maximum Gasteiger partial charge on any atom is 0.290 e. The Morgan fingerprint density at radius 1 is 1.09 bits per heavy atom. The minimum Gasteiger partial charge on any atom is -0.504 e. The van der Waals surface area contributed by atoms with Crippen LogP contribution in [0.15, 0.2) is 87.1 Å². The monoisotopic (exact) mass is 445 g/mol. The summed E-state index contributed by atoms with van der Waals surface area (Å²) >= 11 is 0. The Balaban J connectivity index is 1.63. The molecule has 3 heterocycles. The highest BCUT2D eigenvalue weighted by Crippen LogP contribution is 2.42. The Morgan fingerprint density at radius 3 is 2.64 bits per heavy atom. The van der Waals surface area contributed by atoms with E-state index in [0.29, 0.717) is 16.9 Å². The van der Waals surface area contributed by atoms with Crippen LogP contribution in [-0.2, 0) is 11.3 Å². The zero-order chi connectivity index (χ0) is 23.1. The standard InChI is InChI=1S/C25H19NO7/c1-31-19-12-15(8-9-17(19)27)22-21(23(28)20-11-14-5-2-3-7-18(14)33-20)24(29)25(30)26(22)13-16-6-4-10-32-16/h2-12,22,27,29H,13H2,1H3/t22-/m0/s1. The number of aliphatic hydroxyl groups excluding tert-OH is 1. The summed E-state index contributed by atoms with van der Waals surface area (Å²) in [6, 6.07) is 15.6. The molecule has 1 atom stereocenters. The number of ketones is 1. The number of ether oxygens (including phenoxy) is 1. The van der Waals surface area contributed by atoms with Crippen LogP contribution in [-0.4, -0.2) is 33.9 Å². The van der Waals surface area contributed by atoms with Crippen LogP contribution >= 0.6 is 0 Å². The molecule has 0 aliphatic carbocycles. The molecule has 1 aliphatic rings. The molecule has 166 valence electrons. The van der Waals surface area contributed by atoms with E-state index >= 15 is 0 Å². The number of Topliss-reactive ketones (excluding diaryl/α,β-unsaturated/α-hetero) is 1. The summed E-state index contributed by atoms with van der Waals surface area (Å²) in [5.41, 5.74) is 0.854. The van der Waals surface area contributed by atoms with Crippen molar-refractivity contribution in [3.05, 3.63) is 95.3 Å². The highest BCUT2D eigenvalue weighted by molar-refractivity contribution is 6.16. The minimum absolute atomic E-state index is 0.00106. The number of phenolic OH excluding ortho intramolecular Hbond substituents is 1. The van der Waals surface area contributed by atoms with Crippen LogP contribution < -0.4 is 4.74 Å². The van der Waals surface area contributed by atoms with E-state index in [0.717, 1.165) is 5.39 Å². The van der Waals surface area contributed by atoms with Gasteiger partial charge in [-0.25, -0.2) is 0 Å². The van der Waals surface area contributed by atoms with E-state index < -0.39 is 23.5 Å². The summed E-state index contributed by atoms with van der Waals surface area (Å²) in [4.78, 5) is 27.9. The van der Waals surface area contributed by atoms with Gasteiger partial charge in [0.2, 0.25) is 5.78 Å². The van der Waals surface area contributed by atoms with Gasteiger partial charge in [-0.15, -0.1) is 0 Å². The molecule has 2 N–H and O–H groups in total. The smallest absolute Gasteiger partial charge is 0.290 e. The highest BCUT2D eigenvalue weighted by Gasteiger charge is 2.45. The van der Waals surface area contributed by atoms with Crippen molar-refractivity contribution >= 4 is 22.7 Å². The third-order valence-corrected chi connectivity index (χ3v) is 5.62. The number of methoxy groups -OCH3 is 1. The fourth-order valence-electron chi connectivity index (χ4n) is 4.06. The van der Waals surface area contributed by atoms with Gasteiger partial charge in [-0.05, 0) is 42.0 Å². The second-order valence-electron chi connectivity index (χ2n) is 7.59. The van der Waals surface area contributed by atoms with Crippen molar-refractivity contribution in [3.63, 3.8) is 0 Å². The number of aromatic hydroxyl groups is 1. The van der Waals surface area contributed by atoms with Crippen molar-refractivity contribution in [2.45, 2.75) is 12.6 Å². The maximum absolute atomic E-state index is 13.5. The number of carbonyl (C=O) groups is 2. The van der Waals surface area contributed by atoms with Crippen molar-refractivity contribution < 1.29 is 33.4 Å². The quantitative estimate of drug-likeness (QED) is 0.420. The summed E-state index contributed by atoms with van der Waals surface area (Å²) in [7, 11) is 1.40. The van der Waals surface area contributed by atoms with Crippen LogP contribution in [0.5, 0.6) is 11.5 Å². The number of nitrogens with zero attached hydrogens (tertiary/aromatic N) is 1. The second kappa shape index (κ2) is 7.90. The number of hydrogen-bond donors (Lipinski definition) is 2. The lowest BCUT2D eigenvalue weighted by molar-refractivity contribution is -0.130. The predicted molar refractivity (Wildman–Crippen MR) is 117 cm³/mol. The van der Waals surface area contributed by atoms with E-state index in [-0.39, 0.29) is 29.4 Å². The van der Waals surface area contributed by atoms with E-state index in [1.165, 1.54) is 30.4 Å². The molecular formula is C25H19NO7. The van der Waals surface area contributed by atoms with Gasteiger partial charge >= 0.3 is 0 Å². The van der Waals surface area contributed by atoms with Gasteiger partial charge in [0, 0.05) is 5.39 Å². The van der Waals surface area contributed by atoms with E-state index in [9.17, 15) is 19.8 Å². The molecular weight excluding hydrogens is 426 g/mol. The summed E-state index contributed by atoms with van der Waals surface area (Å²) in [6.45, 7) is 0.0145. The lowest BCUT2D eigenvalue weighted by atomic mass is 9.94. The van der Waals surface area contributed by atoms with Crippen LogP contribution in [0.4, 0.5) is 0 Å². The lowest BCUT2D eigenvalue weighted by Gasteiger charge is -2.26. The Hall–Kier alpha value is -4.46. The molecule has 2 aromatic carbocycles. The third-order valence-electron chi connectivity index (χ3n) is 5.62. The SMILES string of the molecule is COc1cc([C@H]2C(C(=O)c3cc4ccccc4o3)=C(O)C(=O)N2Cc2ccco2)ccc1O. The van der Waals surface area contributed by atoms with Gasteiger partial charge in [-0.3, -0.25) is 9.59 Å². The van der Waals surface area contributed by atoms with Crippen LogP contribution in [0.25, 0.3) is 11.0 Å². The predicted octanol–water partition coefficient (Wildman–Crippen LogP) is 4.52. The Kier molecular flexibility index (Phi) is 4.90. The largest absolute Gasteiger partial charge is 0.504 e. The van der Waals surface area contributed by atoms with Crippen molar-refractivity contribution in [2.24, 2.45) is 0 Å². The fourth-order valence-corrected chi connectivity index (χ4v) is 4.06. The van der Waals surface area contributed by atoms with Crippen LogP contribution in [0, 0.1) is 0 Å². The molecule has 8 nitrogen and oxygen atoms in total. The van der Waals surface area contributed by atoms with Gasteiger partial charge in [0.25, 0.3) is 5.91 Å². The number of carbonyl (C=O) groups excluding carboxylic acids is 2. The molecule has 0 fully saturated rings. The van der Waals surface area contributed by atoms with Crippen LogP contribution in [0.2, 0.25) is 0 Å². The van der Waals surface area contributed by atoms with Gasteiger partial charge in [0.15, 0.2) is 23.0 Å². The molecule has 0 radical (unpaired) electrons. The number of furan rings is 2. The number of aliphatic hydroxyl groups is 1. The third kappa shape index (κ3) is 3.41. The zero-order valence-corrected chi connectivity index (χ0v) is 17.5. The topological polar surface area (TPSA) is 113 Å². The van der Waals surface area contributed by atoms with Crippen LogP contribution in [0.3, 0.4) is 0 Å². The summed E-state index contributed by atoms with van der Waals surface area (Å²) in [6.07, 6.45) is 1.47. The average molecular weight is 445 g/mol. The number of phenols is 1. The lowest BCUT2D eigenvalue weighted by Crippen LogP contribution is -2.30. The first-order valence-corrected chi connectivity index (χ1v) is 10.1. The summed E-state index contributed by atoms with van der Waals surface area (Å²) in [5, 5.41) is 21.5. The molecule has 0 saturated carbocycles. The molecule has 0 saturated heterocycles. The van der Waals surface area contributed by atoms with E-state index in [1.807, 2.05) is 6.07 Å². The van der Waals surface area contributed by atoms with Gasteiger partial charge < -0.3 is 28.7 Å². The van der Waals surface area contributed by atoms with Crippen molar-refractivity contribution in [1.82, 2.24) is 4.90 Å². The molecule has 0 spiro atoms. The van der Waals surface area contributed by atoms with Crippen molar-refractivity contribution in [3.8, 4) is 11.5 Å². The molecule has 33 heavy (non-hydrogen) atoms. The number of amides is 1. The minimum atomic E-state index is -0.960. The zero-order valence-electron chi connectivity index (χ0n) is 17.5. The molecule has 5 rings (SSSR count). The van der Waals surface area contributed by atoms with Crippen LogP contribution in [0.1, 0.15) is 27.9 Å². The number of hydrogen-bond acceptors (Lipinski definition) is 7. The normalized spacial score (nSPS) is 16.1. The Bertz CT molecular complexity index is 1360. The van der Waals surface area contributed by atoms with Gasteiger partial charge in [-0.1, -0.05) is 24.3 Å². The van der Waals surface area contributed by atoms with E-state index in [4.69, 9.17) is 13.6 Å². The van der Waals surface area contributed by atoms with Gasteiger partial charge in [0.05, 0.1) is 31.5 Å². The molecule has 0 bridgehead atoms. The summed E-state index contributed by atoms with van der Waals surface area (Å²) < 4.78 is 16.3. The number of fused-ring (bicyclic) bond motifs is 1. The molecule has 4 aromatic rings. The highest BCUT2D eigenvalue weighted by atomic mass is 16.5. The van der Waals surface area contributed by atoms with Gasteiger partial charge in [0.1, 0.15) is 11.3 Å². The summed E-state index contributed by atoms with van der Waals surface area (Å²) in [5.74, 6) is -1.45. The second-order valence-corrected chi connectivity index (χ2v) is 7.59. The van der Waals surface area contributed by atoms with Crippen molar-refractivity contribution in [1.29, 1.82) is 0 Å². The molecule has 2 aromatic heterocycles. The van der Waals surface area contributed by atoms with E-state index in [1.54, 1.807) is 42.5 Å². The molecule has 0 unspecified atom stereocenters. The van der Waals surface area contributed by atoms with Gasteiger partial charge in [-0.2, -0.15) is 0 Å². The Morgan fingerprint density at radius 2 is 1.91 bits per heavy atom. The van der Waals surface area contributed by atoms with Crippen molar-refractivity contribution in [2.75, 3.05) is 7.11 Å². The number of para-hydroxylation sites is 1. The number of benzene rings is 2. The first-order chi connectivity index (χ1) is 16.0. The Labute approximate surface area is 187 Å². The molecule has 8 heteroatoms. The average Bonchev–Trinajstić information content (AvgIpc) is 3.54. The fraction of sp³-hybridized carbons (Fsp3) is 0.120. The first kappa shape index (κ1) is 20.4. The van der Waals surface area contributed by atoms with E-state index in [2.05, 4.69) is 0 Å².